The highest BCUT2D eigenvalue weighted by Gasteiger charge is 2.14. The summed E-state index contributed by atoms with van der Waals surface area (Å²) in [4.78, 5) is 0. The van der Waals surface area contributed by atoms with E-state index in [2.05, 4.69) is 0 Å². The van der Waals surface area contributed by atoms with Crippen LogP contribution < -0.4 is 5.73 Å². The number of hydrogen-bond acceptors (Lipinski definition) is 3. The van der Waals surface area contributed by atoms with Crippen LogP contribution in [0.25, 0.3) is 0 Å². The number of aliphatic hydroxyl groups excluding tert-OH is 1. The van der Waals surface area contributed by atoms with Gasteiger partial charge in [-0.05, 0) is 12.5 Å². The van der Waals surface area contributed by atoms with Crippen LogP contribution in [0.2, 0.25) is 10.0 Å². The first-order valence-electron chi connectivity index (χ1n) is 4.11. The molecule has 0 aliphatic rings. The van der Waals surface area contributed by atoms with E-state index in [1.807, 2.05) is 0 Å². The lowest BCUT2D eigenvalue weighted by Crippen LogP contribution is -2.12. The van der Waals surface area contributed by atoms with E-state index in [4.69, 9.17) is 34.0 Å². The monoisotopic (exact) mass is 235 g/mol. The molecule has 1 aromatic rings. The zero-order chi connectivity index (χ0) is 10.7. The molecule has 0 aliphatic heterocycles. The molecule has 0 aliphatic carbocycles. The Bertz CT molecular complexity index is 331. The Morgan fingerprint density at radius 2 is 2.00 bits per heavy atom. The molecule has 0 radical (unpaired) electrons. The minimum absolute atomic E-state index is 0.0408. The third-order valence-corrected chi connectivity index (χ3v) is 2.73. The lowest BCUT2D eigenvalue weighted by Gasteiger charge is -2.13. The molecule has 1 unspecified atom stereocenters. The predicted molar refractivity (Wildman–Crippen MR) is 56.8 cm³/mol. The number of hydrogen-bond donors (Lipinski definition) is 3. The number of phenols is 1. The van der Waals surface area contributed by atoms with Gasteiger partial charge in [-0.15, -0.1) is 0 Å². The molecule has 4 N–H and O–H groups in total. The van der Waals surface area contributed by atoms with Crippen molar-refractivity contribution >= 4 is 23.2 Å². The summed E-state index contributed by atoms with van der Waals surface area (Å²) < 4.78 is 0. The van der Waals surface area contributed by atoms with Gasteiger partial charge in [0, 0.05) is 18.2 Å². The molecule has 0 aromatic heterocycles. The highest BCUT2D eigenvalue weighted by molar-refractivity contribution is 6.43. The second kappa shape index (κ2) is 4.84. The van der Waals surface area contributed by atoms with Crippen molar-refractivity contribution in [3.05, 3.63) is 27.7 Å². The average Bonchev–Trinajstić information content (AvgIpc) is 2.15. The standard InChI is InChI=1S/C9H11Cl2NO2/c10-6-2-1-5(7(12)3-4-13)9(14)8(6)11/h1-2,7,13-14H,3-4,12H2. The average molecular weight is 236 g/mol. The summed E-state index contributed by atoms with van der Waals surface area (Å²) >= 11 is 11.4. The minimum atomic E-state index is -0.435. The van der Waals surface area contributed by atoms with Crippen LogP contribution in [0.4, 0.5) is 0 Å². The van der Waals surface area contributed by atoms with Crippen molar-refractivity contribution in [3.8, 4) is 5.75 Å². The number of rotatable bonds is 3. The molecule has 78 valence electrons. The van der Waals surface area contributed by atoms with Gasteiger partial charge in [-0.25, -0.2) is 0 Å². The molecule has 0 heterocycles. The number of aromatic hydroxyl groups is 1. The Kier molecular flexibility index (Phi) is 4.01. The van der Waals surface area contributed by atoms with E-state index < -0.39 is 6.04 Å². The van der Waals surface area contributed by atoms with E-state index >= 15 is 0 Å². The maximum atomic E-state index is 9.60. The smallest absolute Gasteiger partial charge is 0.140 e. The van der Waals surface area contributed by atoms with Gasteiger partial charge in [0.05, 0.1) is 5.02 Å². The van der Waals surface area contributed by atoms with Gasteiger partial charge in [-0.3, -0.25) is 0 Å². The van der Waals surface area contributed by atoms with Crippen LogP contribution in [0.15, 0.2) is 12.1 Å². The van der Waals surface area contributed by atoms with E-state index in [0.29, 0.717) is 12.0 Å². The highest BCUT2D eigenvalue weighted by atomic mass is 35.5. The van der Waals surface area contributed by atoms with Crippen molar-refractivity contribution in [2.75, 3.05) is 6.61 Å². The SMILES string of the molecule is NC(CCO)c1ccc(Cl)c(Cl)c1O. The minimum Gasteiger partial charge on any atom is -0.506 e. The van der Waals surface area contributed by atoms with Crippen LogP contribution in [0.1, 0.15) is 18.0 Å². The van der Waals surface area contributed by atoms with Crippen molar-refractivity contribution < 1.29 is 10.2 Å². The van der Waals surface area contributed by atoms with Crippen LogP contribution in [0.5, 0.6) is 5.75 Å². The van der Waals surface area contributed by atoms with Crippen LogP contribution >= 0.6 is 23.2 Å². The van der Waals surface area contributed by atoms with E-state index in [-0.39, 0.29) is 22.4 Å². The molecule has 1 rings (SSSR count). The van der Waals surface area contributed by atoms with Gasteiger partial charge in [-0.1, -0.05) is 29.3 Å². The third-order valence-electron chi connectivity index (χ3n) is 1.94. The molecule has 0 saturated carbocycles. The van der Waals surface area contributed by atoms with Gasteiger partial charge in [0.1, 0.15) is 10.8 Å². The maximum Gasteiger partial charge on any atom is 0.140 e. The first-order valence-corrected chi connectivity index (χ1v) is 4.86. The van der Waals surface area contributed by atoms with Gasteiger partial charge in [-0.2, -0.15) is 0 Å². The van der Waals surface area contributed by atoms with Crippen molar-refractivity contribution in [3.63, 3.8) is 0 Å². The van der Waals surface area contributed by atoms with Gasteiger partial charge >= 0.3 is 0 Å². The summed E-state index contributed by atoms with van der Waals surface area (Å²) in [5.41, 5.74) is 6.20. The third kappa shape index (κ3) is 2.30. The second-order valence-electron chi connectivity index (χ2n) is 2.92. The molecule has 3 nitrogen and oxygen atoms in total. The highest BCUT2D eigenvalue weighted by Crippen LogP contribution is 2.36. The topological polar surface area (TPSA) is 66.5 Å². The van der Waals surface area contributed by atoms with Crippen molar-refractivity contribution in [2.45, 2.75) is 12.5 Å². The molecule has 14 heavy (non-hydrogen) atoms. The number of phenolic OH excluding ortho intramolecular Hbond substituents is 1. The van der Waals surface area contributed by atoms with E-state index in [9.17, 15) is 5.11 Å². The Hall–Kier alpha value is -0.480. The van der Waals surface area contributed by atoms with Crippen molar-refractivity contribution in [1.29, 1.82) is 0 Å². The van der Waals surface area contributed by atoms with Crippen LogP contribution in [-0.2, 0) is 0 Å². The van der Waals surface area contributed by atoms with Gasteiger partial charge in [0.25, 0.3) is 0 Å². The summed E-state index contributed by atoms with van der Waals surface area (Å²) in [6.45, 7) is -0.0408. The molecule has 0 amide bonds. The summed E-state index contributed by atoms with van der Waals surface area (Å²) in [5, 5.41) is 18.7. The fraction of sp³-hybridized carbons (Fsp3) is 0.333. The lowest BCUT2D eigenvalue weighted by molar-refractivity contribution is 0.275. The van der Waals surface area contributed by atoms with Crippen LogP contribution in [-0.4, -0.2) is 16.8 Å². The van der Waals surface area contributed by atoms with E-state index in [1.165, 1.54) is 0 Å². The molecule has 0 saturated heterocycles. The van der Waals surface area contributed by atoms with Crippen molar-refractivity contribution in [2.24, 2.45) is 5.73 Å². The summed E-state index contributed by atoms with van der Waals surface area (Å²) in [7, 11) is 0. The number of aliphatic hydroxyl groups is 1. The maximum absolute atomic E-state index is 9.60. The van der Waals surface area contributed by atoms with Gasteiger partial charge in [0.15, 0.2) is 0 Å². The fourth-order valence-electron chi connectivity index (χ4n) is 1.15. The molecular formula is C9H11Cl2NO2. The largest absolute Gasteiger partial charge is 0.506 e. The van der Waals surface area contributed by atoms with Gasteiger partial charge in [0.2, 0.25) is 0 Å². The first-order chi connectivity index (χ1) is 6.57. The van der Waals surface area contributed by atoms with Crippen LogP contribution in [0, 0.1) is 0 Å². The quantitative estimate of drug-likeness (QED) is 0.752. The zero-order valence-electron chi connectivity index (χ0n) is 7.37. The summed E-state index contributed by atoms with van der Waals surface area (Å²) in [5.74, 6) is -0.111. The second-order valence-corrected chi connectivity index (χ2v) is 3.70. The molecule has 0 fully saturated rings. The molecule has 0 bridgehead atoms. The number of halogens is 2. The van der Waals surface area contributed by atoms with E-state index in [0.717, 1.165) is 0 Å². The lowest BCUT2D eigenvalue weighted by atomic mass is 10.0. The Morgan fingerprint density at radius 1 is 1.36 bits per heavy atom. The summed E-state index contributed by atoms with van der Waals surface area (Å²) in [6, 6.07) is 2.73. The van der Waals surface area contributed by atoms with Crippen LogP contribution in [0.3, 0.4) is 0 Å². The molecular weight excluding hydrogens is 225 g/mol. The van der Waals surface area contributed by atoms with Gasteiger partial charge < -0.3 is 15.9 Å². The Morgan fingerprint density at radius 3 is 2.57 bits per heavy atom. The fourth-order valence-corrected chi connectivity index (χ4v) is 1.47. The molecule has 1 aromatic carbocycles. The van der Waals surface area contributed by atoms with Crippen molar-refractivity contribution in [1.82, 2.24) is 0 Å². The normalized spacial score (nSPS) is 12.9. The number of benzene rings is 1. The molecule has 1 atom stereocenters. The molecule has 5 heteroatoms. The zero-order valence-corrected chi connectivity index (χ0v) is 8.89. The van der Waals surface area contributed by atoms with E-state index in [1.54, 1.807) is 12.1 Å². The summed E-state index contributed by atoms with van der Waals surface area (Å²) in [6.07, 6.45) is 0.367. The predicted octanol–water partition coefficient (Wildman–Crippen LogP) is 2.08. The first kappa shape index (κ1) is 11.6. The molecule has 0 spiro atoms. The Balaban J connectivity index is 3.04. The number of nitrogens with two attached hydrogens (primary N) is 1. The Labute approximate surface area is 92.1 Å².